The van der Waals surface area contributed by atoms with Crippen LogP contribution in [-0.4, -0.2) is 48.6 Å². The lowest BCUT2D eigenvalue weighted by atomic mass is 10.1. The van der Waals surface area contributed by atoms with Gasteiger partial charge in [0.2, 0.25) is 11.8 Å². The zero-order valence-electron chi connectivity index (χ0n) is 13.7. The van der Waals surface area contributed by atoms with Gasteiger partial charge in [0.05, 0.1) is 5.25 Å². The van der Waals surface area contributed by atoms with Crippen LogP contribution in [0.15, 0.2) is 24.3 Å². The third-order valence-electron chi connectivity index (χ3n) is 3.69. The van der Waals surface area contributed by atoms with Gasteiger partial charge < -0.3 is 15.4 Å². The fraction of sp³-hybridized carbons (Fsp3) is 0.529. The molecular formula is C17H23FN2O3S. The minimum Gasteiger partial charge on any atom is -0.382 e. The Kier molecular flexibility index (Phi) is 7.52. The van der Waals surface area contributed by atoms with Crippen LogP contribution in [0.2, 0.25) is 0 Å². The highest BCUT2D eigenvalue weighted by Gasteiger charge is 2.32. The lowest BCUT2D eigenvalue weighted by molar-refractivity contribution is -0.128. The molecule has 2 N–H and O–H groups in total. The molecule has 2 atom stereocenters. The zero-order chi connectivity index (χ0) is 17.4. The van der Waals surface area contributed by atoms with Gasteiger partial charge >= 0.3 is 0 Å². The number of nitrogens with one attached hydrogen (secondary N) is 2. The number of halogens is 1. The molecule has 5 nitrogen and oxygen atoms in total. The van der Waals surface area contributed by atoms with E-state index in [0.717, 1.165) is 12.0 Å². The summed E-state index contributed by atoms with van der Waals surface area (Å²) in [5.74, 6) is -0.0623. The Labute approximate surface area is 145 Å². The predicted molar refractivity (Wildman–Crippen MR) is 92.4 cm³/mol. The molecule has 0 unspecified atom stereocenters. The minimum atomic E-state index is -0.501. The van der Waals surface area contributed by atoms with Gasteiger partial charge in [-0.3, -0.25) is 9.59 Å². The monoisotopic (exact) mass is 354 g/mol. The number of hydrogen-bond donors (Lipinski definition) is 2. The van der Waals surface area contributed by atoms with Crippen LogP contribution in [0.5, 0.6) is 0 Å². The number of thioether (sulfide) groups is 1. The molecule has 1 fully saturated rings. The summed E-state index contributed by atoms with van der Waals surface area (Å²) in [6.07, 6.45) is 1.28. The standard InChI is InChI=1S/C17H23FN2O3S/c1-2-23-9-3-8-19-16(21)14-11-24-15(17(22)20-14)10-12-4-6-13(18)7-5-12/h4-7,14-15H,2-3,8-11H2,1H3,(H,19,21)(H,20,22)/t14-,15-/m0/s1. The molecule has 1 aromatic rings. The molecule has 2 amide bonds. The highest BCUT2D eigenvalue weighted by Crippen LogP contribution is 2.22. The summed E-state index contributed by atoms with van der Waals surface area (Å²) in [6.45, 7) is 3.74. The normalized spacial score (nSPS) is 20.5. The lowest BCUT2D eigenvalue weighted by Crippen LogP contribution is -2.54. The van der Waals surface area contributed by atoms with Gasteiger partial charge in [-0.15, -0.1) is 11.8 Å². The van der Waals surface area contributed by atoms with Crippen LogP contribution in [-0.2, 0) is 20.7 Å². The van der Waals surface area contributed by atoms with Crippen molar-refractivity contribution < 1.29 is 18.7 Å². The summed E-state index contributed by atoms with van der Waals surface area (Å²) < 4.78 is 18.1. The predicted octanol–water partition coefficient (Wildman–Crippen LogP) is 1.51. The molecule has 0 spiro atoms. The van der Waals surface area contributed by atoms with E-state index >= 15 is 0 Å². The van der Waals surface area contributed by atoms with Crippen molar-refractivity contribution in [2.45, 2.75) is 31.1 Å². The second-order valence-corrected chi connectivity index (χ2v) is 6.79. The number of carbonyl (C=O) groups excluding carboxylic acids is 2. The maximum absolute atomic E-state index is 12.9. The molecule has 0 aliphatic carbocycles. The average Bonchev–Trinajstić information content (AvgIpc) is 2.58. The topological polar surface area (TPSA) is 67.4 Å². The smallest absolute Gasteiger partial charge is 0.243 e. The van der Waals surface area contributed by atoms with Crippen LogP contribution in [0.25, 0.3) is 0 Å². The number of ether oxygens (including phenoxy) is 1. The number of amides is 2. The van der Waals surface area contributed by atoms with Crippen molar-refractivity contribution in [1.29, 1.82) is 0 Å². The van der Waals surface area contributed by atoms with E-state index in [1.54, 1.807) is 12.1 Å². The Hall–Kier alpha value is -1.60. The Morgan fingerprint density at radius 2 is 2.17 bits per heavy atom. The lowest BCUT2D eigenvalue weighted by Gasteiger charge is -2.28. The molecule has 0 aromatic heterocycles. The first-order chi connectivity index (χ1) is 11.6. The van der Waals surface area contributed by atoms with Crippen LogP contribution in [0.1, 0.15) is 18.9 Å². The van der Waals surface area contributed by atoms with Gasteiger partial charge in [0, 0.05) is 25.5 Å². The molecular weight excluding hydrogens is 331 g/mol. The molecule has 1 aliphatic heterocycles. The van der Waals surface area contributed by atoms with Crippen LogP contribution in [0.4, 0.5) is 4.39 Å². The van der Waals surface area contributed by atoms with Crippen molar-refractivity contribution in [2.24, 2.45) is 0 Å². The summed E-state index contributed by atoms with van der Waals surface area (Å²) in [7, 11) is 0. The maximum Gasteiger partial charge on any atom is 0.243 e. The zero-order valence-corrected chi connectivity index (χ0v) is 14.5. The van der Waals surface area contributed by atoms with Crippen molar-refractivity contribution in [1.82, 2.24) is 10.6 Å². The van der Waals surface area contributed by atoms with Gasteiger partial charge in [0.1, 0.15) is 11.9 Å². The third-order valence-corrected chi connectivity index (χ3v) is 5.00. The second kappa shape index (κ2) is 9.64. The van der Waals surface area contributed by atoms with Crippen LogP contribution in [0, 0.1) is 5.82 Å². The largest absolute Gasteiger partial charge is 0.382 e. The molecule has 7 heteroatoms. The average molecular weight is 354 g/mol. The SMILES string of the molecule is CCOCCCNC(=O)[C@@H]1CS[C@@H](Cc2ccc(F)cc2)C(=O)N1. The van der Waals surface area contributed by atoms with E-state index in [9.17, 15) is 14.0 Å². The Bertz CT molecular complexity index is 553. The Morgan fingerprint density at radius 1 is 1.42 bits per heavy atom. The molecule has 1 aliphatic rings. The molecule has 24 heavy (non-hydrogen) atoms. The number of benzene rings is 1. The van der Waals surface area contributed by atoms with E-state index in [-0.39, 0.29) is 22.9 Å². The maximum atomic E-state index is 12.9. The van der Waals surface area contributed by atoms with Gasteiger partial charge in [-0.05, 0) is 37.5 Å². The number of carbonyl (C=O) groups is 2. The molecule has 1 heterocycles. The van der Waals surface area contributed by atoms with E-state index in [4.69, 9.17) is 4.74 Å². The van der Waals surface area contributed by atoms with E-state index in [1.165, 1.54) is 23.9 Å². The summed E-state index contributed by atoms with van der Waals surface area (Å²) in [4.78, 5) is 24.2. The van der Waals surface area contributed by atoms with Crippen molar-refractivity contribution in [3.05, 3.63) is 35.6 Å². The Morgan fingerprint density at radius 3 is 2.83 bits per heavy atom. The molecule has 0 saturated carbocycles. The Balaban J connectivity index is 1.74. The van der Waals surface area contributed by atoms with Crippen molar-refractivity contribution in [3.63, 3.8) is 0 Å². The van der Waals surface area contributed by atoms with Crippen LogP contribution in [0.3, 0.4) is 0 Å². The summed E-state index contributed by atoms with van der Waals surface area (Å²) >= 11 is 1.46. The van der Waals surface area contributed by atoms with Gasteiger partial charge in [0.15, 0.2) is 0 Å². The highest BCUT2D eigenvalue weighted by atomic mass is 32.2. The molecule has 2 rings (SSSR count). The second-order valence-electron chi connectivity index (χ2n) is 5.56. The third kappa shape index (κ3) is 5.79. The summed E-state index contributed by atoms with van der Waals surface area (Å²) in [5, 5.41) is 5.33. The van der Waals surface area contributed by atoms with Gasteiger partial charge in [-0.25, -0.2) is 4.39 Å². The molecule has 0 bridgehead atoms. The summed E-state index contributed by atoms with van der Waals surface area (Å²) in [6, 6.07) is 5.64. The first-order valence-corrected chi connectivity index (χ1v) is 9.17. The molecule has 0 radical (unpaired) electrons. The van der Waals surface area contributed by atoms with Gasteiger partial charge in [0.25, 0.3) is 0 Å². The van der Waals surface area contributed by atoms with Crippen LogP contribution >= 0.6 is 11.8 Å². The fourth-order valence-corrected chi connectivity index (χ4v) is 3.56. The van der Waals surface area contributed by atoms with Crippen LogP contribution < -0.4 is 10.6 Å². The van der Waals surface area contributed by atoms with Gasteiger partial charge in [-0.2, -0.15) is 0 Å². The number of rotatable bonds is 8. The van der Waals surface area contributed by atoms with E-state index in [1.807, 2.05) is 6.92 Å². The highest BCUT2D eigenvalue weighted by molar-refractivity contribution is 8.00. The molecule has 1 aromatic carbocycles. The first-order valence-electron chi connectivity index (χ1n) is 8.12. The van der Waals surface area contributed by atoms with E-state index in [2.05, 4.69) is 10.6 Å². The van der Waals surface area contributed by atoms with E-state index in [0.29, 0.717) is 31.9 Å². The summed E-state index contributed by atoms with van der Waals surface area (Å²) in [5.41, 5.74) is 0.905. The van der Waals surface area contributed by atoms with Crippen molar-refractivity contribution >= 4 is 23.6 Å². The molecule has 132 valence electrons. The molecule has 1 saturated heterocycles. The number of hydrogen-bond acceptors (Lipinski definition) is 4. The first kappa shape index (κ1) is 18.7. The van der Waals surface area contributed by atoms with Crippen molar-refractivity contribution in [3.8, 4) is 0 Å². The minimum absolute atomic E-state index is 0.148. The fourth-order valence-electron chi connectivity index (χ4n) is 2.38. The van der Waals surface area contributed by atoms with E-state index < -0.39 is 6.04 Å². The quantitative estimate of drug-likeness (QED) is 0.695. The van der Waals surface area contributed by atoms with Gasteiger partial charge in [-0.1, -0.05) is 12.1 Å². The van der Waals surface area contributed by atoms with Crippen molar-refractivity contribution in [2.75, 3.05) is 25.5 Å².